The Bertz CT molecular complexity index is 957. The largest absolute Gasteiger partial charge is 0.234 e. The first-order valence-electron chi connectivity index (χ1n) is 6.66. The van der Waals surface area contributed by atoms with Crippen LogP contribution in [0.3, 0.4) is 0 Å². The van der Waals surface area contributed by atoms with Crippen molar-refractivity contribution in [2.45, 2.75) is 13.3 Å². The van der Waals surface area contributed by atoms with Crippen LogP contribution in [0.25, 0.3) is 26.3 Å². The third-order valence-corrected chi connectivity index (χ3v) is 5.09. The Balaban J connectivity index is 2.00. The Morgan fingerprint density at radius 1 is 1.10 bits per heavy atom. The summed E-state index contributed by atoms with van der Waals surface area (Å²) in [4.78, 5) is 0.842. The van der Waals surface area contributed by atoms with E-state index >= 15 is 0 Å². The smallest absolute Gasteiger partial charge is 0.187 e. The van der Waals surface area contributed by atoms with Gasteiger partial charge in [0.15, 0.2) is 5.82 Å². The van der Waals surface area contributed by atoms with Gasteiger partial charge in [-0.2, -0.15) is 9.61 Å². The number of hydrogen-bond donors (Lipinski definition) is 0. The lowest BCUT2D eigenvalue weighted by Crippen LogP contribution is -1.93. The van der Waals surface area contributed by atoms with Crippen molar-refractivity contribution in [2.75, 3.05) is 0 Å². The summed E-state index contributed by atoms with van der Waals surface area (Å²) in [6.07, 6.45) is 0.825. The van der Waals surface area contributed by atoms with Crippen molar-refractivity contribution in [1.29, 1.82) is 0 Å². The van der Waals surface area contributed by atoms with Gasteiger partial charge in [-0.15, -0.1) is 10.2 Å². The van der Waals surface area contributed by atoms with E-state index in [9.17, 15) is 0 Å². The fourth-order valence-corrected chi connectivity index (χ4v) is 3.84. The third kappa shape index (κ3) is 1.98. The van der Waals surface area contributed by atoms with E-state index in [2.05, 4.69) is 68.5 Å². The van der Waals surface area contributed by atoms with Gasteiger partial charge in [0.2, 0.25) is 4.96 Å². The van der Waals surface area contributed by atoms with Gasteiger partial charge in [0, 0.05) is 16.5 Å². The predicted octanol–water partition coefficient (Wildman–Crippen LogP) is 4.33. The molecule has 2 aromatic carbocycles. The van der Waals surface area contributed by atoms with E-state index in [0.29, 0.717) is 0 Å². The van der Waals surface area contributed by atoms with E-state index < -0.39 is 0 Å². The summed E-state index contributed by atoms with van der Waals surface area (Å²) in [5, 5.41) is 16.4. The second-order valence-electron chi connectivity index (χ2n) is 4.71. The topological polar surface area (TPSA) is 43.1 Å². The first-order valence-corrected chi connectivity index (χ1v) is 8.27. The Hall–Kier alpha value is -1.79. The van der Waals surface area contributed by atoms with Crippen molar-refractivity contribution >= 4 is 43.0 Å². The summed E-state index contributed by atoms with van der Waals surface area (Å²) in [5.74, 6) is 0.897. The van der Waals surface area contributed by atoms with Crippen LogP contribution in [0.2, 0.25) is 0 Å². The van der Waals surface area contributed by atoms with Crippen molar-refractivity contribution in [3.8, 4) is 10.6 Å². The summed E-state index contributed by atoms with van der Waals surface area (Å²) >= 11 is 5.18. The van der Waals surface area contributed by atoms with Crippen LogP contribution in [0.15, 0.2) is 40.9 Å². The van der Waals surface area contributed by atoms with Gasteiger partial charge in [-0.3, -0.25) is 0 Å². The summed E-state index contributed by atoms with van der Waals surface area (Å²) < 4.78 is 2.94. The number of aromatic nitrogens is 4. The fourth-order valence-electron chi connectivity index (χ4n) is 2.44. The molecule has 2 aromatic heterocycles. The molecule has 0 spiro atoms. The van der Waals surface area contributed by atoms with E-state index in [1.807, 2.05) is 10.6 Å². The molecule has 0 aliphatic rings. The maximum atomic E-state index is 4.69. The lowest BCUT2D eigenvalue weighted by atomic mass is 10.1. The van der Waals surface area contributed by atoms with Crippen LogP contribution in [0, 0.1) is 0 Å². The molecule has 0 fully saturated rings. The highest BCUT2D eigenvalue weighted by molar-refractivity contribution is 9.10. The van der Waals surface area contributed by atoms with Crippen molar-refractivity contribution in [3.05, 3.63) is 46.7 Å². The van der Waals surface area contributed by atoms with E-state index in [1.54, 1.807) is 11.3 Å². The monoisotopic (exact) mass is 358 g/mol. The van der Waals surface area contributed by atoms with Gasteiger partial charge >= 0.3 is 0 Å². The first kappa shape index (κ1) is 12.9. The molecule has 21 heavy (non-hydrogen) atoms. The fraction of sp³-hybridized carbons (Fsp3) is 0.133. The van der Waals surface area contributed by atoms with Crippen LogP contribution < -0.4 is 0 Å². The van der Waals surface area contributed by atoms with Crippen LogP contribution in [-0.2, 0) is 6.42 Å². The zero-order valence-electron chi connectivity index (χ0n) is 11.2. The minimum atomic E-state index is 0.825. The van der Waals surface area contributed by atoms with Crippen molar-refractivity contribution in [1.82, 2.24) is 19.8 Å². The van der Waals surface area contributed by atoms with Crippen LogP contribution in [0.4, 0.5) is 0 Å². The van der Waals surface area contributed by atoms with Gasteiger partial charge < -0.3 is 0 Å². The maximum Gasteiger partial charge on any atom is 0.234 e. The summed E-state index contributed by atoms with van der Waals surface area (Å²) in [6.45, 7) is 2.06. The van der Waals surface area contributed by atoms with E-state index in [-0.39, 0.29) is 0 Å². The molecule has 2 heterocycles. The molecule has 0 unspecified atom stereocenters. The van der Waals surface area contributed by atoms with Crippen LogP contribution in [0.1, 0.15) is 12.7 Å². The molecular formula is C15H11BrN4S. The van der Waals surface area contributed by atoms with Gasteiger partial charge in [-0.25, -0.2) is 0 Å². The molecule has 6 heteroatoms. The highest BCUT2D eigenvalue weighted by Gasteiger charge is 2.14. The number of aryl methyl sites for hydroxylation is 1. The molecule has 0 radical (unpaired) electrons. The minimum Gasteiger partial charge on any atom is -0.187 e. The molecule has 0 N–H and O–H groups in total. The Labute approximate surface area is 133 Å². The van der Waals surface area contributed by atoms with Gasteiger partial charge in [0.05, 0.1) is 0 Å². The number of hydrogen-bond acceptors (Lipinski definition) is 4. The number of benzene rings is 2. The molecule has 104 valence electrons. The molecule has 0 aliphatic carbocycles. The van der Waals surface area contributed by atoms with Crippen LogP contribution in [-0.4, -0.2) is 19.8 Å². The summed E-state index contributed by atoms with van der Waals surface area (Å²) in [7, 11) is 0. The van der Waals surface area contributed by atoms with E-state index in [0.717, 1.165) is 32.2 Å². The van der Waals surface area contributed by atoms with Gasteiger partial charge in [-0.1, -0.05) is 64.5 Å². The lowest BCUT2D eigenvalue weighted by Gasteiger charge is -2.04. The molecule has 4 rings (SSSR count). The van der Waals surface area contributed by atoms with E-state index in [4.69, 9.17) is 0 Å². The second kappa shape index (κ2) is 4.89. The first-order chi connectivity index (χ1) is 10.3. The molecule has 0 atom stereocenters. The zero-order valence-corrected chi connectivity index (χ0v) is 13.6. The van der Waals surface area contributed by atoms with Crippen molar-refractivity contribution in [2.24, 2.45) is 0 Å². The molecular weight excluding hydrogens is 348 g/mol. The van der Waals surface area contributed by atoms with Crippen LogP contribution >= 0.6 is 27.3 Å². The number of nitrogens with zero attached hydrogens (tertiary/aromatic N) is 4. The number of rotatable bonds is 2. The van der Waals surface area contributed by atoms with Crippen LogP contribution in [0.5, 0.6) is 0 Å². The molecule has 0 saturated carbocycles. The summed E-state index contributed by atoms with van der Waals surface area (Å²) in [5.41, 5.74) is 1.13. The Morgan fingerprint density at radius 2 is 1.90 bits per heavy atom. The Morgan fingerprint density at radius 3 is 2.76 bits per heavy atom. The molecule has 4 nitrogen and oxygen atoms in total. The average molecular weight is 359 g/mol. The van der Waals surface area contributed by atoms with E-state index in [1.165, 1.54) is 10.8 Å². The lowest BCUT2D eigenvalue weighted by molar-refractivity contribution is 0.838. The van der Waals surface area contributed by atoms with Gasteiger partial charge in [-0.05, 0) is 16.8 Å². The SMILES string of the molecule is CCc1nnc2sc(-c3cccc4c(Br)cccc34)nn12. The molecule has 4 aromatic rings. The van der Waals surface area contributed by atoms with Crippen molar-refractivity contribution < 1.29 is 0 Å². The summed E-state index contributed by atoms with van der Waals surface area (Å²) in [6, 6.07) is 12.5. The van der Waals surface area contributed by atoms with Gasteiger partial charge in [0.1, 0.15) is 5.01 Å². The Kier molecular flexibility index (Phi) is 3.01. The standard InChI is InChI=1S/C15H11BrN4S/c1-2-13-17-18-15-20(13)19-14(21-15)11-7-3-6-10-9(11)5-4-8-12(10)16/h3-8H,2H2,1H3. The highest BCUT2D eigenvalue weighted by atomic mass is 79.9. The quantitative estimate of drug-likeness (QED) is 0.535. The zero-order chi connectivity index (χ0) is 14.4. The number of halogens is 1. The second-order valence-corrected chi connectivity index (χ2v) is 6.52. The highest BCUT2D eigenvalue weighted by Crippen LogP contribution is 2.34. The molecule has 0 aliphatic heterocycles. The molecule has 0 bridgehead atoms. The normalized spacial score (nSPS) is 11.5. The van der Waals surface area contributed by atoms with Gasteiger partial charge in [0.25, 0.3) is 0 Å². The number of fused-ring (bicyclic) bond motifs is 2. The van der Waals surface area contributed by atoms with Crippen molar-refractivity contribution in [3.63, 3.8) is 0 Å². The average Bonchev–Trinajstić information content (AvgIpc) is 3.07. The minimum absolute atomic E-state index is 0.825. The predicted molar refractivity (Wildman–Crippen MR) is 88.7 cm³/mol. The molecule has 0 saturated heterocycles. The maximum absolute atomic E-state index is 4.69. The third-order valence-electron chi connectivity index (χ3n) is 3.47. The molecule has 0 amide bonds.